The first-order chi connectivity index (χ1) is 6.20. The predicted molar refractivity (Wildman–Crippen MR) is 50.4 cm³/mol. The van der Waals surface area contributed by atoms with Gasteiger partial charge in [-0.1, -0.05) is 6.92 Å². The summed E-state index contributed by atoms with van der Waals surface area (Å²) < 4.78 is 1.64. The van der Waals surface area contributed by atoms with Crippen LogP contribution in [0.15, 0.2) is 16.9 Å². The van der Waals surface area contributed by atoms with Crippen LogP contribution in [0.1, 0.15) is 24.6 Å². The Labute approximate surface area is 77.2 Å². The van der Waals surface area contributed by atoms with E-state index in [2.05, 4.69) is 0 Å². The molecule has 0 radical (unpaired) electrons. The van der Waals surface area contributed by atoms with Gasteiger partial charge in [0.15, 0.2) is 0 Å². The van der Waals surface area contributed by atoms with E-state index in [1.165, 1.54) is 0 Å². The highest BCUT2D eigenvalue weighted by Gasteiger charge is 2.03. The molecule has 0 saturated heterocycles. The van der Waals surface area contributed by atoms with E-state index in [1.807, 2.05) is 19.9 Å². The number of pyridine rings is 1. The first-order valence-corrected chi connectivity index (χ1v) is 4.31. The average molecular weight is 176 g/mol. The van der Waals surface area contributed by atoms with Crippen LogP contribution in [0.3, 0.4) is 0 Å². The molecule has 1 aromatic rings. The van der Waals surface area contributed by atoms with E-state index in [1.54, 1.807) is 16.7 Å². The van der Waals surface area contributed by atoms with Crippen molar-refractivity contribution < 1.29 is 0 Å². The minimum Gasteiger partial charge on any atom is -0.312 e. The fraction of sp³-hybridized carbons (Fsp3) is 0.400. The van der Waals surface area contributed by atoms with E-state index in [9.17, 15) is 4.79 Å². The number of rotatable bonds is 2. The van der Waals surface area contributed by atoms with Crippen LogP contribution in [0, 0.1) is 18.3 Å². The summed E-state index contributed by atoms with van der Waals surface area (Å²) in [6.45, 7) is 4.56. The standard InChI is InChI=1S/C10H12N2O/c1-3-6-12-8(2)4-5-9(7-11)10(12)13/h4-5H,3,6H2,1-2H3. The summed E-state index contributed by atoms with van der Waals surface area (Å²) in [4.78, 5) is 11.6. The highest BCUT2D eigenvalue weighted by atomic mass is 16.1. The van der Waals surface area contributed by atoms with Gasteiger partial charge >= 0.3 is 0 Å². The lowest BCUT2D eigenvalue weighted by Crippen LogP contribution is -2.24. The van der Waals surface area contributed by atoms with E-state index in [4.69, 9.17) is 5.26 Å². The summed E-state index contributed by atoms with van der Waals surface area (Å²) >= 11 is 0. The average Bonchev–Trinajstić information content (AvgIpc) is 2.12. The fourth-order valence-electron chi connectivity index (χ4n) is 1.26. The van der Waals surface area contributed by atoms with Crippen LogP contribution >= 0.6 is 0 Å². The molecule has 0 aliphatic heterocycles. The third-order valence-corrected chi connectivity index (χ3v) is 1.96. The lowest BCUT2D eigenvalue weighted by Gasteiger charge is -2.07. The molecule has 68 valence electrons. The Bertz CT molecular complexity index is 398. The molecular formula is C10H12N2O. The van der Waals surface area contributed by atoms with Gasteiger partial charge in [0.2, 0.25) is 0 Å². The molecule has 0 aliphatic carbocycles. The minimum atomic E-state index is -0.177. The lowest BCUT2D eigenvalue weighted by atomic mass is 10.2. The first-order valence-electron chi connectivity index (χ1n) is 4.31. The van der Waals surface area contributed by atoms with E-state index in [0.29, 0.717) is 6.54 Å². The highest BCUT2D eigenvalue weighted by Crippen LogP contribution is 1.98. The van der Waals surface area contributed by atoms with Gasteiger partial charge in [-0.2, -0.15) is 5.26 Å². The van der Waals surface area contributed by atoms with Gasteiger partial charge in [-0.05, 0) is 25.5 Å². The van der Waals surface area contributed by atoms with E-state index >= 15 is 0 Å². The van der Waals surface area contributed by atoms with Crippen LogP contribution in [0.4, 0.5) is 0 Å². The van der Waals surface area contributed by atoms with Gasteiger partial charge in [0.25, 0.3) is 5.56 Å². The molecule has 0 atom stereocenters. The molecular weight excluding hydrogens is 164 g/mol. The molecule has 13 heavy (non-hydrogen) atoms. The third kappa shape index (κ3) is 1.78. The molecule has 0 amide bonds. The summed E-state index contributed by atoms with van der Waals surface area (Å²) in [5, 5.41) is 8.64. The lowest BCUT2D eigenvalue weighted by molar-refractivity contribution is 0.634. The van der Waals surface area contributed by atoms with Crippen LogP contribution in [0.5, 0.6) is 0 Å². The van der Waals surface area contributed by atoms with Crippen LogP contribution < -0.4 is 5.56 Å². The zero-order chi connectivity index (χ0) is 9.84. The van der Waals surface area contributed by atoms with Crippen molar-refractivity contribution in [1.82, 2.24) is 4.57 Å². The summed E-state index contributed by atoms with van der Waals surface area (Å²) in [7, 11) is 0. The Morgan fingerprint density at radius 1 is 1.54 bits per heavy atom. The molecule has 0 aliphatic rings. The normalized spacial score (nSPS) is 9.62. The number of aromatic nitrogens is 1. The molecule has 0 N–H and O–H groups in total. The molecule has 1 rings (SSSR count). The van der Waals surface area contributed by atoms with Gasteiger partial charge < -0.3 is 4.57 Å². The highest BCUT2D eigenvalue weighted by molar-refractivity contribution is 5.27. The summed E-state index contributed by atoms with van der Waals surface area (Å²) in [6.07, 6.45) is 0.898. The van der Waals surface area contributed by atoms with Crippen molar-refractivity contribution in [3.05, 3.63) is 33.7 Å². The Morgan fingerprint density at radius 3 is 2.77 bits per heavy atom. The largest absolute Gasteiger partial charge is 0.312 e. The number of nitriles is 1. The van der Waals surface area contributed by atoms with Crippen molar-refractivity contribution in [2.75, 3.05) is 0 Å². The van der Waals surface area contributed by atoms with Crippen molar-refractivity contribution in [2.45, 2.75) is 26.8 Å². The smallest absolute Gasteiger partial charge is 0.268 e. The zero-order valence-corrected chi connectivity index (χ0v) is 7.87. The second-order valence-electron chi connectivity index (χ2n) is 2.96. The van der Waals surface area contributed by atoms with Crippen molar-refractivity contribution in [3.8, 4) is 6.07 Å². The maximum absolute atomic E-state index is 11.6. The molecule has 0 spiro atoms. The molecule has 3 heteroatoms. The number of hydrogen-bond donors (Lipinski definition) is 0. The summed E-state index contributed by atoms with van der Waals surface area (Å²) in [5.74, 6) is 0. The van der Waals surface area contributed by atoms with Crippen molar-refractivity contribution in [1.29, 1.82) is 5.26 Å². The summed E-state index contributed by atoms with van der Waals surface area (Å²) in [5.41, 5.74) is 0.953. The van der Waals surface area contributed by atoms with Gasteiger partial charge in [-0.15, -0.1) is 0 Å². The fourth-order valence-corrected chi connectivity index (χ4v) is 1.26. The van der Waals surface area contributed by atoms with Gasteiger partial charge in [-0.3, -0.25) is 4.79 Å². The van der Waals surface area contributed by atoms with Gasteiger partial charge in [0, 0.05) is 12.2 Å². The van der Waals surface area contributed by atoms with Gasteiger partial charge in [0.05, 0.1) is 0 Å². The predicted octanol–water partition coefficient (Wildman–Crippen LogP) is 1.44. The Morgan fingerprint density at radius 2 is 2.23 bits per heavy atom. The monoisotopic (exact) mass is 176 g/mol. The second-order valence-corrected chi connectivity index (χ2v) is 2.96. The van der Waals surface area contributed by atoms with Crippen LogP contribution in [-0.4, -0.2) is 4.57 Å². The maximum atomic E-state index is 11.6. The first kappa shape index (κ1) is 9.53. The molecule has 3 nitrogen and oxygen atoms in total. The van der Waals surface area contributed by atoms with Crippen LogP contribution in [0.2, 0.25) is 0 Å². The topological polar surface area (TPSA) is 45.8 Å². The van der Waals surface area contributed by atoms with Gasteiger partial charge in [0.1, 0.15) is 11.6 Å². The molecule has 0 unspecified atom stereocenters. The van der Waals surface area contributed by atoms with Crippen molar-refractivity contribution in [3.63, 3.8) is 0 Å². The second kappa shape index (κ2) is 3.90. The van der Waals surface area contributed by atoms with Gasteiger partial charge in [-0.25, -0.2) is 0 Å². The third-order valence-electron chi connectivity index (χ3n) is 1.96. The van der Waals surface area contributed by atoms with Crippen molar-refractivity contribution >= 4 is 0 Å². The Hall–Kier alpha value is -1.56. The number of nitrogens with zero attached hydrogens (tertiary/aromatic N) is 2. The SMILES string of the molecule is CCCn1c(C)ccc(C#N)c1=O. The van der Waals surface area contributed by atoms with E-state index in [0.717, 1.165) is 12.1 Å². The van der Waals surface area contributed by atoms with Crippen LogP contribution in [-0.2, 0) is 6.54 Å². The molecule has 0 saturated carbocycles. The Balaban J connectivity index is 3.32. The van der Waals surface area contributed by atoms with Crippen molar-refractivity contribution in [2.24, 2.45) is 0 Å². The quantitative estimate of drug-likeness (QED) is 0.684. The molecule has 1 aromatic heterocycles. The number of hydrogen-bond acceptors (Lipinski definition) is 2. The zero-order valence-electron chi connectivity index (χ0n) is 7.87. The molecule has 0 fully saturated rings. The molecule has 0 aromatic carbocycles. The summed E-state index contributed by atoms with van der Waals surface area (Å²) in [6, 6.07) is 5.26. The molecule has 1 heterocycles. The number of aryl methyl sites for hydroxylation is 1. The Kier molecular flexibility index (Phi) is 2.86. The van der Waals surface area contributed by atoms with Crippen LogP contribution in [0.25, 0.3) is 0 Å². The maximum Gasteiger partial charge on any atom is 0.268 e. The van der Waals surface area contributed by atoms with E-state index < -0.39 is 0 Å². The molecule has 0 bridgehead atoms. The minimum absolute atomic E-state index is 0.177. The van der Waals surface area contributed by atoms with E-state index in [-0.39, 0.29) is 11.1 Å².